The van der Waals surface area contributed by atoms with Crippen molar-refractivity contribution in [1.29, 1.82) is 0 Å². The maximum absolute atomic E-state index is 10.5. The van der Waals surface area contributed by atoms with Gasteiger partial charge >= 0.3 is 0 Å². The molecule has 0 unspecified atom stereocenters. The summed E-state index contributed by atoms with van der Waals surface area (Å²) in [5.74, 6) is 0. The summed E-state index contributed by atoms with van der Waals surface area (Å²) < 4.78 is 0. The molecule has 1 aliphatic heterocycles. The first-order chi connectivity index (χ1) is 5.79. The molecule has 0 spiro atoms. The maximum Gasteiger partial charge on any atom is 0.160 e. The van der Waals surface area contributed by atoms with Crippen LogP contribution in [0.5, 0.6) is 0 Å². The Morgan fingerprint density at radius 2 is 2.50 bits per heavy atom. The van der Waals surface area contributed by atoms with Crippen LogP contribution in [0.2, 0.25) is 0 Å². The second-order valence-corrected chi connectivity index (χ2v) is 4.37. The lowest BCUT2D eigenvalue weighted by Gasteiger charge is -2.21. The van der Waals surface area contributed by atoms with Crippen LogP contribution in [0.1, 0.15) is 20.1 Å². The van der Waals surface area contributed by atoms with Gasteiger partial charge in [0.1, 0.15) is 0 Å². The fourth-order valence-corrected chi connectivity index (χ4v) is 2.64. The third kappa shape index (κ3) is 1.30. The van der Waals surface area contributed by atoms with Crippen molar-refractivity contribution in [3.63, 3.8) is 0 Å². The van der Waals surface area contributed by atoms with Gasteiger partial charge in [-0.3, -0.25) is 4.79 Å². The number of hydrogen-bond acceptors (Lipinski definition) is 3. The van der Waals surface area contributed by atoms with Crippen molar-refractivity contribution in [2.45, 2.75) is 13.0 Å². The summed E-state index contributed by atoms with van der Waals surface area (Å²) in [6, 6.07) is 2.03. The number of rotatable bonds is 1. The fourth-order valence-electron chi connectivity index (χ4n) is 1.53. The van der Waals surface area contributed by atoms with Crippen molar-refractivity contribution in [3.05, 3.63) is 21.4 Å². The zero-order valence-electron chi connectivity index (χ0n) is 7.04. The van der Waals surface area contributed by atoms with E-state index in [1.54, 1.807) is 11.3 Å². The summed E-state index contributed by atoms with van der Waals surface area (Å²) >= 11 is 1.63. The molecule has 2 heterocycles. The molecule has 0 N–H and O–H groups in total. The molecule has 0 saturated carbocycles. The molecule has 0 aromatic carbocycles. The number of hydrogen-bond donors (Lipinski definition) is 0. The van der Waals surface area contributed by atoms with Crippen LogP contribution in [0.15, 0.2) is 6.07 Å². The van der Waals surface area contributed by atoms with Crippen LogP contribution in [0, 0.1) is 0 Å². The molecular formula is C9H11NOS. The average molecular weight is 181 g/mol. The van der Waals surface area contributed by atoms with Crippen molar-refractivity contribution in [3.8, 4) is 0 Å². The highest BCUT2D eigenvalue weighted by molar-refractivity contribution is 7.13. The van der Waals surface area contributed by atoms with Gasteiger partial charge in [-0.15, -0.1) is 11.3 Å². The number of fused-ring (bicyclic) bond motifs is 1. The molecule has 12 heavy (non-hydrogen) atoms. The van der Waals surface area contributed by atoms with E-state index in [1.165, 1.54) is 10.4 Å². The molecule has 0 atom stereocenters. The van der Waals surface area contributed by atoms with E-state index < -0.39 is 0 Å². The van der Waals surface area contributed by atoms with Gasteiger partial charge in [0.2, 0.25) is 0 Å². The molecule has 0 bridgehead atoms. The molecule has 0 saturated heterocycles. The Bertz CT molecular complexity index is 305. The normalized spacial score (nSPS) is 17.4. The molecule has 2 rings (SSSR count). The zero-order chi connectivity index (χ0) is 8.55. The first-order valence-electron chi connectivity index (χ1n) is 4.05. The monoisotopic (exact) mass is 181 g/mol. The highest BCUT2D eigenvalue weighted by Gasteiger charge is 2.15. The van der Waals surface area contributed by atoms with E-state index in [9.17, 15) is 4.79 Å². The van der Waals surface area contributed by atoms with Gasteiger partial charge in [-0.05, 0) is 25.1 Å². The Balaban J connectivity index is 2.34. The predicted molar refractivity (Wildman–Crippen MR) is 49.7 cm³/mol. The Morgan fingerprint density at radius 1 is 1.67 bits per heavy atom. The average Bonchev–Trinajstić information content (AvgIpc) is 2.46. The molecule has 2 nitrogen and oxygen atoms in total. The van der Waals surface area contributed by atoms with Crippen LogP contribution in [-0.4, -0.2) is 24.8 Å². The number of nitrogens with zero attached hydrogens (tertiary/aromatic N) is 1. The van der Waals surface area contributed by atoms with Gasteiger partial charge in [0, 0.05) is 18.0 Å². The molecule has 0 aliphatic carbocycles. The van der Waals surface area contributed by atoms with Crippen molar-refractivity contribution in [2.75, 3.05) is 13.6 Å². The molecule has 0 fully saturated rings. The van der Waals surface area contributed by atoms with Crippen LogP contribution >= 0.6 is 11.3 Å². The molecule has 1 aromatic rings. The number of aldehydes is 1. The Kier molecular flexibility index (Phi) is 1.98. The van der Waals surface area contributed by atoms with Gasteiger partial charge in [0.05, 0.1) is 4.88 Å². The molecule has 0 radical (unpaired) electrons. The summed E-state index contributed by atoms with van der Waals surface area (Å²) in [7, 11) is 2.11. The van der Waals surface area contributed by atoms with Crippen LogP contribution in [0.25, 0.3) is 0 Å². The van der Waals surface area contributed by atoms with Crippen LogP contribution in [-0.2, 0) is 13.0 Å². The third-order valence-electron chi connectivity index (χ3n) is 2.21. The van der Waals surface area contributed by atoms with Gasteiger partial charge in [-0.2, -0.15) is 0 Å². The Hall–Kier alpha value is -0.670. The second-order valence-electron chi connectivity index (χ2n) is 3.20. The highest BCUT2D eigenvalue weighted by Crippen LogP contribution is 2.26. The minimum absolute atomic E-state index is 0.871. The quantitative estimate of drug-likeness (QED) is 0.613. The SMILES string of the molecule is CN1CCc2cc(C=O)sc2C1. The van der Waals surface area contributed by atoms with Crippen molar-refractivity contribution in [2.24, 2.45) is 0 Å². The largest absolute Gasteiger partial charge is 0.301 e. The molecular weight excluding hydrogens is 170 g/mol. The van der Waals surface area contributed by atoms with E-state index in [-0.39, 0.29) is 0 Å². The lowest BCUT2D eigenvalue weighted by molar-refractivity contribution is 0.112. The summed E-state index contributed by atoms with van der Waals surface area (Å²) in [5, 5.41) is 0. The molecule has 1 aliphatic rings. The number of carbonyl (C=O) groups excluding carboxylic acids is 1. The molecule has 0 amide bonds. The van der Waals surface area contributed by atoms with Gasteiger partial charge in [-0.25, -0.2) is 0 Å². The topological polar surface area (TPSA) is 20.3 Å². The minimum Gasteiger partial charge on any atom is -0.301 e. The lowest BCUT2D eigenvalue weighted by atomic mass is 10.1. The third-order valence-corrected chi connectivity index (χ3v) is 3.30. The van der Waals surface area contributed by atoms with Crippen molar-refractivity contribution < 1.29 is 4.79 Å². The number of likely N-dealkylation sites (N-methyl/N-ethyl adjacent to an activating group) is 1. The van der Waals surface area contributed by atoms with Crippen molar-refractivity contribution in [1.82, 2.24) is 4.90 Å². The van der Waals surface area contributed by atoms with E-state index in [0.717, 1.165) is 30.7 Å². The van der Waals surface area contributed by atoms with E-state index in [4.69, 9.17) is 0 Å². The van der Waals surface area contributed by atoms with Crippen LogP contribution in [0.3, 0.4) is 0 Å². The lowest BCUT2D eigenvalue weighted by Crippen LogP contribution is -2.24. The van der Waals surface area contributed by atoms with E-state index in [1.807, 2.05) is 6.07 Å². The minimum atomic E-state index is 0.871. The molecule has 1 aromatic heterocycles. The Labute approximate surface area is 75.8 Å². The first kappa shape index (κ1) is 7.95. The number of carbonyl (C=O) groups is 1. The summed E-state index contributed by atoms with van der Waals surface area (Å²) in [5.41, 5.74) is 1.38. The second kappa shape index (κ2) is 2.99. The zero-order valence-corrected chi connectivity index (χ0v) is 7.86. The van der Waals surface area contributed by atoms with Crippen molar-refractivity contribution >= 4 is 17.6 Å². The summed E-state index contributed by atoms with van der Waals surface area (Å²) in [6.45, 7) is 2.12. The maximum atomic E-state index is 10.5. The van der Waals surface area contributed by atoms with Crippen LogP contribution < -0.4 is 0 Å². The molecule has 64 valence electrons. The summed E-state index contributed by atoms with van der Waals surface area (Å²) in [4.78, 5) is 15.0. The Morgan fingerprint density at radius 3 is 3.25 bits per heavy atom. The smallest absolute Gasteiger partial charge is 0.160 e. The van der Waals surface area contributed by atoms with E-state index >= 15 is 0 Å². The van der Waals surface area contributed by atoms with Crippen LogP contribution in [0.4, 0.5) is 0 Å². The predicted octanol–water partition coefficient (Wildman–Crippen LogP) is 1.55. The van der Waals surface area contributed by atoms with E-state index in [2.05, 4.69) is 11.9 Å². The highest BCUT2D eigenvalue weighted by atomic mass is 32.1. The van der Waals surface area contributed by atoms with E-state index in [0.29, 0.717) is 0 Å². The van der Waals surface area contributed by atoms with Gasteiger partial charge in [0.15, 0.2) is 6.29 Å². The number of thiophene rings is 1. The standard InChI is InChI=1S/C9H11NOS/c1-10-3-2-7-4-8(6-11)12-9(7)5-10/h4,6H,2-3,5H2,1H3. The van der Waals surface area contributed by atoms with Gasteiger partial charge < -0.3 is 4.90 Å². The van der Waals surface area contributed by atoms with Gasteiger partial charge in [-0.1, -0.05) is 0 Å². The molecule has 3 heteroatoms. The van der Waals surface area contributed by atoms with Gasteiger partial charge in [0.25, 0.3) is 0 Å². The fraction of sp³-hybridized carbons (Fsp3) is 0.444. The summed E-state index contributed by atoms with van der Waals surface area (Å²) in [6.07, 6.45) is 2.04. The first-order valence-corrected chi connectivity index (χ1v) is 4.86.